The maximum atomic E-state index is 12.2. The van der Waals surface area contributed by atoms with Crippen LogP contribution in [0.5, 0.6) is 5.75 Å². The lowest BCUT2D eigenvalue weighted by Gasteiger charge is -2.12. The number of carbonyl (C=O) groups excluding carboxylic acids is 1. The summed E-state index contributed by atoms with van der Waals surface area (Å²) in [6, 6.07) is 3.16. The molecule has 0 bridgehead atoms. The van der Waals surface area contributed by atoms with Crippen LogP contribution in [0.2, 0.25) is 0 Å². The van der Waals surface area contributed by atoms with Crippen molar-refractivity contribution < 1.29 is 9.53 Å². The van der Waals surface area contributed by atoms with Crippen molar-refractivity contribution in [3.63, 3.8) is 0 Å². The molecule has 2 aromatic heterocycles. The number of methoxy groups -OCH3 is 1. The number of carbonyl (C=O) groups is 1. The average Bonchev–Trinajstić information content (AvgIpc) is 2.77. The molecular weight excluding hydrogens is 274 g/mol. The van der Waals surface area contributed by atoms with Crippen LogP contribution < -0.4 is 10.1 Å². The molecule has 0 radical (unpaired) electrons. The Kier molecular flexibility index (Phi) is 4.34. The first-order chi connectivity index (χ1) is 9.51. The summed E-state index contributed by atoms with van der Waals surface area (Å²) in [6.07, 6.45) is 1.55. The van der Waals surface area contributed by atoms with E-state index in [0.717, 1.165) is 15.6 Å². The number of nitrogens with one attached hydrogen (secondary N) is 1. The van der Waals surface area contributed by atoms with E-state index in [2.05, 4.69) is 15.3 Å². The predicted octanol–water partition coefficient (Wildman–Crippen LogP) is 2.65. The van der Waals surface area contributed by atoms with Crippen LogP contribution in [0.15, 0.2) is 18.3 Å². The van der Waals surface area contributed by atoms with Gasteiger partial charge >= 0.3 is 0 Å². The van der Waals surface area contributed by atoms with E-state index in [9.17, 15) is 4.79 Å². The van der Waals surface area contributed by atoms with Gasteiger partial charge in [0.2, 0.25) is 0 Å². The lowest BCUT2D eigenvalue weighted by Crippen LogP contribution is -2.28. The Labute approximate surface area is 122 Å². The average molecular weight is 291 g/mol. The van der Waals surface area contributed by atoms with E-state index in [-0.39, 0.29) is 11.9 Å². The first kappa shape index (κ1) is 14.5. The van der Waals surface area contributed by atoms with E-state index >= 15 is 0 Å². The van der Waals surface area contributed by atoms with Gasteiger partial charge in [-0.05, 0) is 26.8 Å². The van der Waals surface area contributed by atoms with Crippen LogP contribution in [0.1, 0.15) is 39.0 Å². The molecule has 1 N–H and O–H groups in total. The zero-order valence-electron chi connectivity index (χ0n) is 11.9. The molecule has 20 heavy (non-hydrogen) atoms. The maximum Gasteiger partial charge on any atom is 0.270 e. The first-order valence-electron chi connectivity index (χ1n) is 6.26. The Balaban J connectivity index is 2.12. The van der Waals surface area contributed by atoms with Crippen LogP contribution in [0.25, 0.3) is 0 Å². The van der Waals surface area contributed by atoms with Gasteiger partial charge in [-0.2, -0.15) is 0 Å². The Morgan fingerprint density at radius 1 is 1.45 bits per heavy atom. The van der Waals surface area contributed by atoms with E-state index in [1.807, 2.05) is 20.8 Å². The highest BCUT2D eigenvalue weighted by Gasteiger charge is 2.17. The number of pyridine rings is 1. The van der Waals surface area contributed by atoms with Gasteiger partial charge < -0.3 is 10.1 Å². The van der Waals surface area contributed by atoms with Crippen molar-refractivity contribution in [3.8, 4) is 5.75 Å². The molecule has 0 unspecified atom stereocenters. The van der Waals surface area contributed by atoms with Crippen LogP contribution in [0.4, 0.5) is 0 Å². The summed E-state index contributed by atoms with van der Waals surface area (Å²) >= 11 is 1.63. The van der Waals surface area contributed by atoms with Crippen molar-refractivity contribution in [3.05, 3.63) is 39.6 Å². The summed E-state index contributed by atoms with van der Waals surface area (Å²) < 4.78 is 5.09. The van der Waals surface area contributed by atoms with Crippen LogP contribution >= 0.6 is 11.3 Å². The van der Waals surface area contributed by atoms with Gasteiger partial charge in [0.1, 0.15) is 11.4 Å². The molecule has 2 heterocycles. The molecule has 0 aromatic carbocycles. The van der Waals surface area contributed by atoms with E-state index in [0.29, 0.717) is 11.4 Å². The third-order valence-electron chi connectivity index (χ3n) is 2.90. The number of hydrogen-bond acceptors (Lipinski definition) is 5. The van der Waals surface area contributed by atoms with Gasteiger partial charge in [0, 0.05) is 17.1 Å². The maximum absolute atomic E-state index is 12.2. The summed E-state index contributed by atoms with van der Waals surface area (Å²) in [4.78, 5) is 21.8. The second-order valence-electron chi connectivity index (χ2n) is 4.45. The van der Waals surface area contributed by atoms with E-state index < -0.39 is 0 Å². The zero-order chi connectivity index (χ0) is 14.7. The largest absolute Gasteiger partial charge is 0.497 e. The van der Waals surface area contributed by atoms with Gasteiger partial charge in [0.25, 0.3) is 5.91 Å². The molecule has 106 valence electrons. The summed E-state index contributed by atoms with van der Waals surface area (Å²) in [5.41, 5.74) is 1.24. The minimum atomic E-state index is -0.235. The van der Waals surface area contributed by atoms with Crippen LogP contribution in [-0.2, 0) is 0 Å². The second-order valence-corrected chi connectivity index (χ2v) is 5.86. The lowest BCUT2D eigenvalue weighted by atomic mass is 10.2. The fourth-order valence-corrected chi connectivity index (χ4v) is 2.86. The Hall–Kier alpha value is -1.95. The quantitative estimate of drug-likeness (QED) is 0.940. The summed E-state index contributed by atoms with van der Waals surface area (Å²) in [7, 11) is 1.56. The second kappa shape index (κ2) is 6.00. The standard InChI is InChI=1S/C14H17N3O2S/c1-8(13-9(2)20-10(3)17-13)16-14(18)12-7-11(19-4)5-6-15-12/h5-8H,1-4H3,(H,16,18)/t8-/m1/s1. The fraction of sp³-hybridized carbons (Fsp3) is 0.357. The zero-order valence-corrected chi connectivity index (χ0v) is 12.7. The number of nitrogens with zero attached hydrogens (tertiary/aromatic N) is 2. The summed E-state index contributed by atoms with van der Waals surface area (Å²) in [6.45, 7) is 5.88. The highest BCUT2D eigenvalue weighted by Crippen LogP contribution is 2.22. The smallest absolute Gasteiger partial charge is 0.270 e. The highest BCUT2D eigenvalue weighted by molar-refractivity contribution is 7.11. The van der Waals surface area contributed by atoms with Gasteiger partial charge in [0.05, 0.1) is 23.9 Å². The monoisotopic (exact) mass is 291 g/mol. The lowest BCUT2D eigenvalue weighted by molar-refractivity contribution is 0.0933. The number of amides is 1. The molecule has 0 spiro atoms. The molecule has 1 atom stereocenters. The molecule has 2 rings (SSSR count). The third kappa shape index (κ3) is 3.14. The van der Waals surface area contributed by atoms with Crippen molar-refractivity contribution in [1.82, 2.24) is 15.3 Å². The van der Waals surface area contributed by atoms with Crippen molar-refractivity contribution in [2.45, 2.75) is 26.8 Å². The minimum Gasteiger partial charge on any atom is -0.497 e. The third-order valence-corrected chi connectivity index (χ3v) is 3.80. The van der Waals surface area contributed by atoms with Gasteiger partial charge in [-0.3, -0.25) is 9.78 Å². The SMILES string of the molecule is COc1ccnc(C(=O)N[C@H](C)c2nc(C)sc2C)c1. The summed E-state index contributed by atoms with van der Waals surface area (Å²) in [5.74, 6) is 0.375. The first-order valence-corrected chi connectivity index (χ1v) is 7.07. The van der Waals surface area contributed by atoms with Gasteiger partial charge in [0.15, 0.2) is 0 Å². The molecular formula is C14H17N3O2S. The van der Waals surface area contributed by atoms with Gasteiger partial charge in [-0.25, -0.2) is 4.98 Å². The van der Waals surface area contributed by atoms with Crippen LogP contribution in [0.3, 0.4) is 0 Å². The van der Waals surface area contributed by atoms with Gasteiger partial charge in [-0.1, -0.05) is 0 Å². The number of hydrogen-bond donors (Lipinski definition) is 1. The molecule has 0 aliphatic heterocycles. The molecule has 0 saturated heterocycles. The summed E-state index contributed by atoms with van der Waals surface area (Å²) in [5, 5.41) is 3.90. The van der Waals surface area contributed by atoms with Crippen molar-refractivity contribution >= 4 is 17.2 Å². The van der Waals surface area contributed by atoms with Crippen molar-refractivity contribution in [2.24, 2.45) is 0 Å². The number of thiazole rings is 1. The van der Waals surface area contributed by atoms with E-state index in [4.69, 9.17) is 4.74 Å². The minimum absolute atomic E-state index is 0.152. The molecule has 1 amide bonds. The van der Waals surface area contributed by atoms with Gasteiger partial charge in [-0.15, -0.1) is 11.3 Å². The Bertz CT molecular complexity index is 625. The van der Waals surface area contributed by atoms with Crippen molar-refractivity contribution in [2.75, 3.05) is 7.11 Å². The molecule has 0 saturated carbocycles. The van der Waals surface area contributed by atoms with E-state index in [1.54, 1.807) is 36.8 Å². The molecule has 5 nitrogen and oxygen atoms in total. The number of aromatic nitrogens is 2. The van der Waals surface area contributed by atoms with E-state index in [1.165, 1.54) is 0 Å². The number of aryl methyl sites for hydroxylation is 2. The molecule has 2 aromatic rings. The topological polar surface area (TPSA) is 64.1 Å². The van der Waals surface area contributed by atoms with Crippen LogP contribution in [-0.4, -0.2) is 23.0 Å². The molecule has 0 fully saturated rings. The fourth-order valence-electron chi connectivity index (χ4n) is 1.95. The number of ether oxygens (including phenoxy) is 1. The number of rotatable bonds is 4. The Morgan fingerprint density at radius 2 is 2.20 bits per heavy atom. The highest BCUT2D eigenvalue weighted by atomic mass is 32.1. The molecule has 6 heteroatoms. The predicted molar refractivity (Wildman–Crippen MR) is 78.3 cm³/mol. The van der Waals surface area contributed by atoms with Crippen LogP contribution in [0, 0.1) is 13.8 Å². The normalized spacial score (nSPS) is 12.0. The van der Waals surface area contributed by atoms with Crippen molar-refractivity contribution in [1.29, 1.82) is 0 Å². The molecule has 0 aliphatic carbocycles. The molecule has 0 aliphatic rings. The Morgan fingerprint density at radius 3 is 2.80 bits per heavy atom.